The zero-order valence-corrected chi connectivity index (χ0v) is 11.4. The van der Waals surface area contributed by atoms with E-state index >= 15 is 0 Å². The molecule has 0 aliphatic rings. The van der Waals surface area contributed by atoms with Crippen LogP contribution in [-0.4, -0.2) is 21.6 Å². The van der Waals surface area contributed by atoms with Crippen LogP contribution >= 0.6 is 11.8 Å². The van der Waals surface area contributed by atoms with Crippen molar-refractivity contribution in [2.24, 2.45) is 5.41 Å². The maximum atomic E-state index is 10.8. The summed E-state index contributed by atoms with van der Waals surface area (Å²) < 4.78 is -0.704. The van der Waals surface area contributed by atoms with Crippen molar-refractivity contribution in [1.82, 2.24) is 0 Å². The van der Waals surface area contributed by atoms with Gasteiger partial charge in [-0.1, -0.05) is 6.42 Å². The Labute approximate surface area is 102 Å². The fraction of sp³-hybridized carbons (Fsp3) is 0.833. The number of carbonyl (C=O) groups is 1. The molecule has 0 aliphatic carbocycles. The van der Waals surface area contributed by atoms with E-state index in [-0.39, 0.29) is 5.41 Å². The molecule has 0 fully saturated rings. The number of nitriles is 1. The highest BCUT2D eigenvalue weighted by molar-refractivity contribution is 8.01. The molecule has 92 valence electrons. The molecule has 0 saturated heterocycles. The van der Waals surface area contributed by atoms with Crippen molar-refractivity contribution < 1.29 is 9.90 Å². The SMILES string of the molecule is CC(C)(C#N)CCCCSC(C)(C)C(=O)O. The first kappa shape index (κ1) is 15.3. The molecule has 4 heteroatoms. The molecule has 1 N–H and O–H groups in total. The molecule has 16 heavy (non-hydrogen) atoms. The molecule has 0 spiro atoms. The molecular formula is C12H21NO2S. The summed E-state index contributed by atoms with van der Waals surface area (Å²) in [5.74, 6) is 0.0655. The molecule has 3 nitrogen and oxygen atoms in total. The van der Waals surface area contributed by atoms with E-state index in [1.807, 2.05) is 13.8 Å². The summed E-state index contributed by atoms with van der Waals surface area (Å²) in [5, 5.41) is 17.7. The molecular weight excluding hydrogens is 222 g/mol. The summed E-state index contributed by atoms with van der Waals surface area (Å²) in [7, 11) is 0. The van der Waals surface area contributed by atoms with Crippen molar-refractivity contribution in [3.8, 4) is 6.07 Å². The average molecular weight is 243 g/mol. The van der Waals surface area contributed by atoms with Crippen LogP contribution in [0.5, 0.6) is 0 Å². The molecule has 0 heterocycles. The summed E-state index contributed by atoms with van der Waals surface area (Å²) >= 11 is 1.46. The number of unbranched alkanes of at least 4 members (excludes halogenated alkanes) is 1. The van der Waals surface area contributed by atoms with E-state index in [1.54, 1.807) is 13.8 Å². The lowest BCUT2D eigenvalue weighted by molar-refractivity contribution is -0.138. The van der Waals surface area contributed by atoms with Crippen LogP contribution in [0.3, 0.4) is 0 Å². The largest absolute Gasteiger partial charge is 0.480 e. The number of rotatable bonds is 7. The number of hydrogen-bond donors (Lipinski definition) is 1. The van der Waals surface area contributed by atoms with Gasteiger partial charge in [0, 0.05) is 0 Å². The highest BCUT2D eigenvalue weighted by atomic mass is 32.2. The van der Waals surface area contributed by atoms with E-state index in [1.165, 1.54) is 11.8 Å². The Hall–Kier alpha value is -0.690. The van der Waals surface area contributed by atoms with Gasteiger partial charge < -0.3 is 5.11 Å². The Morgan fingerprint density at radius 1 is 1.31 bits per heavy atom. The zero-order chi connectivity index (χ0) is 12.8. The van der Waals surface area contributed by atoms with Crippen molar-refractivity contribution in [3.05, 3.63) is 0 Å². The third-order valence-corrected chi connectivity index (χ3v) is 3.87. The minimum Gasteiger partial charge on any atom is -0.480 e. The van der Waals surface area contributed by atoms with E-state index in [0.717, 1.165) is 25.0 Å². The summed E-state index contributed by atoms with van der Waals surface area (Å²) in [6.07, 6.45) is 2.81. The van der Waals surface area contributed by atoms with Gasteiger partial charge in [-0.3, -0.25) is 4.79 Å². The normalized spacial score (nSPS) is 12.2. The number of carboxylic acid groups (broad SMARTS) is 1. The quantitative estimate of drug-likeness (QED) is 0.697. The van der Waals surface area contributed by atoms with Crippen molar-refractivity contribution in [2.45, 2.75) is 51.7 Å². The fourth-order valence-corrected chi connectivity index (χ4v) is 2.10. The van der Waals surface area contributed by atoms with E-state index in [4.69, 9.17) is 10.4 Å². The van der Waals surface area contributed by atoms with Crippen molar-refractivity contribution in [2.75, 3.05) is 5.75 Å². The molecule has 0 radical (unpaired) electrons. The molecule has 0 aromatic carbocycles. The van der Waals surface area contributed by atoms with Crippen molar-refractivity contribution in [1.29, 1.82) is 5.26 Å². The van der Waals surface area contributed by atoms with Crippen LogP contribution in [0, 0.1) is 16.7 Å². The summed E-state index contributed by atoms with van der Waals surface area (Å²) in [6, 6.07) is 2.27. The minimum atomic E-state index is -0.769. The second kappa shape index (κ2) is 6.15. The highest BCUT2D eigenvalue weighted by Crippen LogP contribution is 2.27. The maximum absolute atomic E-state index is 10.8. The topological polar surface area (TPSA) is 61.1 Å². The fourth-order valence-electron chi connectivity index (χ4n) is 1.11. The van der Waals surface area contributed by atoms with Gasteiger partial charge in [0.15, 0.2) is 0 Å². The molecule has 0 aromatic rings. The van der Waals surface area contributed by atoms with Crippen LogP contribution in [-0.2, 0) is 4.79 Å². The van der Waals surface area contributed by atoms with Gasteiger partial charge >= 0.3 is 5.97 Å². The van der Waals surface area contributed by atoms with E-state index in [9.17, 15) is 4.79 Å². The Morgan fingerprint density at radius 2 is 1.88 bits per heavy atom. The maximum Gasteiger partial charge on any atom is 0.319 e. The Morgan fingerprint density at radius 3 is 2.31 bits per heavy atom. The second-order valence-corrected chi connectivity index (χ2v) is 6.83. The van der Waals surface area contributed by atoms with Gasteiger partial charge in [0.05, 0.1) is 11.5 Å². The molecule has 0 atom stereocenters. The summed E-state index contributed by atoms with van der Waals surface area (Å²) in [5.41, 5.74) is -0.257. The molecule has 0 rings (SSSR count). The monoisotopic (exact) mass is 243 g/mol. The first-order valence-corrected chi connectivity index (χ1v) is 6.48. The smallest absolute Gasteiger partial charge is 0.319 e. The number of hydrogen-bond acceptors (Lipinski definition) is 3. The minimum absolute atomic E-state index is 0.257. The number of thioether (sulfide) groups is 1. The average Bonchev–Trinajstić information content (AvgIpc) is 2.16. The van der Waals surface area contributed by atoms with Crippen LogP contribution in [0.2, 0.25) is 0 Å². The van der Waals surface area contributed by atoms with Crippen LogP contribution in [0.25, 0.3) is 0 Å². The van der Waals surface area contributed by atoms with Gasteiger partial charge in [-0.25, -0.2) is 0 Å². The van der Waals surface area contributed by atoms with Crippen molar-refractivity contribution >= 4 is 17.7 Å². The Balaban J connectivity index is 3.71. The first-order valence-electron chi connectivity index (χ1n) is 5.50. The van der Waals surface area contributed by atoms with Gasteiger partial charge in [-0.15, -0.1) is 11.8 Å². The van der Waals surface area contributed by atoms with Crippen LogP contribution < -0.4 is 0 Å². The molecule has 0 bridgehead atoms. The Kier molecular flexibility index (Phi) is 5.88. The van der Waals surface area contributed by atoms with Gasteiger partial charge in [0.1, 0.15) is 4.75 Å². The van der Waals surface area contributed by atoms with Crippen LogP contribution in [0.4, 0.5) is 0 Å². The molecule has 0 unspecified atom stereocenters. The highest BCUT2D eigenvalue weighted by Gasteiger charge is 2.27. The lowest BCUT2D eigenvalue weighted by Crippen LogP contribution is -2.27. The Bertz CT molecular complexity index is 279. The van der Waals surface area contributed by atoms with Crippen LogP contribution in [0.15, 0.2) is 0 Å². The van der Waals surface area contributed by atoms with E-state index in [2.05, 4.69) is 6.07 Å². The second-order valence-electron chi connectivity index (χ2n) is 5.12. The molecule has 0 saturated carbocycles. The standard InChI is InChI=1S/C12H21NO2S/c1-11(2,9-13)7-5-6-8-16-12(3,4)10(14)15/h5-8H2,1-4H3,(H,14,15). The molecule has 0 amide bonds. The summed E-state index contributed by atoms with van der Waals surface area (Å²) in [6.45, 7) is 7.31. The first-order chi connectivity index (χ1) is 7.21. The number of aliphatic carboxylic acids is 1. The van der Waals surface area contributed by atoms with Gasteiger partial charge in [-0.2, -0.15) is 5.26 Å². The summed E-state index contributed by atoms with van der Waals surface area (Å²) in [4.78, 5) is 10.8. The van der Waals surface area contributed by atoms with Gasteiger partial charge in [0.2, 0.25) is 0 Å². The van der Waals surface area contributed by atoms with Crippen molar-refractivity contribution in [3.63, 3.8) is 0 Å². The molecule has 0 aliphatic heterocycles. The number of carboxylic acids is 1. The van der Waals surface area contributed by atoms with E-state index in [0.29, 0.717) is 0 Å². The van der Waals surface area contributed by atoms with Gasteiger partial charge in [0.25, 0.3) is 0 Å². The zero-order valence-electron chi connectivity index (χ0n) is 10.5. The van der Waals surface area contributed by atoms with E-state index < -0.39 is 10.7 Å². The lowest BCUT2D eigenvalue weighted by Gasteiger charge is -2.19. The predicted molar refractivity (Wildman–Crippen MR) is 67.4 cm³/mol. The predicted octanol–water partition coefficient (Wildman–Crippen LogP) is 3.30. The van der Waals surface area contributed by atoms with Crippen LogP contribution in [0.1, 0.15) is 47.0 Å². The third kappa shape index (κ3) is 6.02. The van der Waals surface area contributed by atoms with Gasteiger partial charge in [-0.05, 0) is 46.3 Å². The lowest BCUT2D eigenvalue weighted by atomic mass is 9.89. The number of nitrogens with zero attached hydrogens (tertiary/aromatic N) is 1. The molecule has 0 aromatic heterocycles. The third-order valence-electron chi connectivity index (χ3n) is 2.48.